The van der Waals surface area contributed by atoms with E-state index in [9.17, 15) is 0 Å². The summed E-state index contributed by atoms with van der Waals surface area (Å²) >= 11 is 4.07. The summed E-state index contributed by atoms with van der Waals surface area (Å²) in [6.45, 7) is 0. The molecule has 62 valence electrons. The van der Waals surface area contributed by atoms with Gasteiger partial charge in [-0.1, -0.05) is 0 Å². The third kappa shape index (κ3) is 1.14. The maximum absolute atomic E-state index is 2.21. The Kier molecular flexibility index (Phi) is 1.92. The third-order valence-corrected chi connectivity index (χ3v) is 3.92. The van der Waals surface area contributed by atoms with Crippen LogP contribution in [-0.4, -0.2) is 17.7 Å². The van der Waals surface area contributed by atoms with Crippen LogP contribution in [0.15, 0.2) is 42.5 Å². The molecule has 0 nitrogen and oxygen atoms in total. The Labute approximate surface area is 95.8 Å². The minimum absolute atomic E-state index is 1.38. The number of benzene rings is 2. The number of fused-ring (bicyclic) bond motifs is 3. The summed E-state index contributed by atoms with van der Waals surface area (Å²) in [6, 6.07) is 15.1. The van der Waals surface area contributed by atoms with E-state index in [0.29, 0.717) is 0 Å². The van der Waals surface area contributed by atoms with Crippen LogP contribution in [0.4, 0.5) is 0 Å². The van der Waals surface area contributed by atoms with Crippen molar-refractivity contribution in [3.8, 4) is 0 Å². The standard InChI is InChI=1S/C12H7S.Li/c1-3-7-11-9(5-1)10-6-2-4-8-12(10)13-11;/h1-7H;. The van der Waals surface area contributed by atoms with Crippen molar-refractivity contribution in [2.75, 3.05) is 0 Å². The van der Waals surface area contributed by atoms with Crippen molar-refractivity contribution < 1.29 is 0 Å². The Bertz CT molecular complexity index is 610. The van der Waals surface area contributed by atoms with E-state index < -0.39 is 0 Å². The third-order valence-electron chi connectivity index (χ3n) is 2.60. The molecule has 0 aliphatic carbocycles. The molecule has 1 heterocycles. The van der Waals surface area contributed by atoms with Crippen LogP contribution >= 0.6 is 11.3 Å². The minimum atomic E-state index is 1.38. The molecule has 0 fully saturated rings. The molecule has 3 rings (SSSR count). The van der Waals surface area contributed by atoms with E-state index in [2.05, 4.69) is 60.2 Å². The number of rotatable bonds is 0. The molecule has 2 aromatic carbocycles. The van der Waals surface area contributed by atoms with Gasteiger partial charge >= 0.3 is 95.9 Å². The van der Waals surface area contributed by atoms with Gasteiger partial charge in [0.2, 0.25) is 0 Å². The molecule has 0 aliphatic rings. The van der Waals surface area contributed by atoms with Gasteiger partial charge in [-0.15, -0.1) is 0 Å². The van der Waals surface area contributed by atoms with Crippen LogP contribution in [-0.2, 0) is 0 Å². The molecular weight excluding hydrogens is 183 g/mol. The van der Waals surface area contributed by atoms with E-state index in [1.165, 1.54) is 24.4 Å². The van der Waals surface area contributed by atoms with Crippen LogP contribution < -0.4 is 4.24 Å². The number of thiophene rings is 1. The Morgan fingerprint density at radius 3 is 2.57 bits per heavy atom. The predicted octanol–water partition coefficient (Wildman–Crippen LogP) is 2.85. The van der Waals surface area contributed by atoms with Gasteiger partial charge in [0.15, 0.2) is 0 Å². The van der Waals surface area contributed by atoms with Crippen molar-refractivity contribution in [2.24, 2.45) is 0 Å². The Morgan fingerprint density at radius 1 is 0.857 bits per heavy atom. The van der Waals surface area contributed by atoms with Gasteiger partial charge in [0, 0.05) is 0 Å². The fourth-order valence-corrected chi connectivity index (χ4v) is 3.06. The van der Waals surface area contributed by atoms with Gasteiger partial charge in [0.25, 0.3) is 0 Å². The molecule has 0 unspecified atom stereocenters. The van der Waals surface area contributed by atoms with Gasteiger partial charge in [0.05, 0.1) is 0 Å². The van der Waals surface area contributed by atoms with Crippen molar-refractivity contribution in [1.29, 1.82) is 0 Å². The first-order chi connectivity index (χ1) is 6.86. The normalized spacial score (nSPS) is 11.3. The first-order valence-electron chi connectivity index (χ1n) is 4.73. The molecule has 0 bridgehead atoms. The summed E-state index contributed by atoms with van der Waals surface area (Å²) in [6.07, 6.45) is 0. The molecule has 3 aromatic rings. The summed E-state index contributed by atoms with van der Waals surface area (Å²) in [7, 11) is 0. The van der Waals surface area contributed by atoms with E-state index in [-0.39, 0.29) is 0 Å². The SMILES string of the molecule is [Li][c]1cccc2c1sc1ccccc12. The molecule has 2 heteroatoms. The second kappa shape index (κ2) is 3.14. The van der Waals surface area contributed by atoms with Gasteiger partial charge in [-0.2, -0.15) is 0 Å². The number of hydrogen-bond acceptors (Lipinski definition) is 1. The zero-order valence-electron chi connectivity index (χ0n) is 7.95. The number of hydrogen-bond donors (Lipinski definition) is 0. The molecule has 14 heavy (non-hydrogen) atoms. The molecule has 0 saturated heterocycles. The maximum atomic E-state index is 2.21. The van der Waals surface area contributed by atoms with Gasteiger partial charge in [-0.25, -0.2) is 0 Å². The van der Waals surface area contributed by atoms with Crippen LogP contribution in [0.25, 0.3) is 20.2 Å². The van der Waals surface area contributed by atoms with E-state index in [4.69, 9.17) is 0 Å². The average Bonchev–Trinajstić information content (AvgIpc) is 2.59. The van der Waals surface area contributed by atoms with Crippen LogP contribution in [0.1, 0.15) is 0 Å². The summed E-state index contributed by atoms with van der Waals surface area (Å²) in [5.74, 6) is 0. The van der Waals surface area contributed by atoms with E-state index in [1.807, 2.05) is 11.3 Å². The van der Waals surface area contributed by atoms with E-state index >= 15 is 0 Å². The Hall–Kier alpha value is -0.743. The molecular formula is C12H7LiS. The molecule has 0 N–H and O–H groups in total. The summed E-state index contributed by atoms with van der Waals surface area (Å²) in [4.78, 5) is 0. The monoisotopic (exact) mass is 190 g/mol. The van der Waals surface area contributed by atoms with Crippen LogP contribution in [0, 0.1) is 0 Å². The van der Waals surface area contributed by atoms with E-state index in [1.54, 1.807) is 0 Å². The molecule has 0 aliphatic heterocycles. The van der Waals surface area contributed by atoms with Crippen molar-refractivity contribution >= 4 is 53.5 Å². The van der Waals surface area contributed by atoms with Crippen LogP contribution in [0.3, 0.4) is 0 Å². The fraction of sp³-hybridized carbons (Fsp3) is 0. The van der Waals surface area contributed by atoms with E-state index in [0.717, 1.165) is 0 Å². The quantitative estimate of drug-likeness (QED) is 0.478. The van der Waals surface area contributed by atoms with Gasteiger partial charge in [-0.3, -0.25) is 0 Å². The van der Waals surface area contributed by atoms with Crippen molar-refractivity contribution in [3.05, 3.63) is 42.5 Å². The second-order valence-electron chi connectivity index (χ2n) is 3.55. The zero-order chi connectivity index (χ0) is 9.54. The molecule has 0 radical (unpaired) electrons. The van der Waals surface area contributed by atoms with Gasteiger partial charge in [-0.05, 0) is 0 Å². The molecule has 0 amide bonds. The van der Waals surface area contributed by atoms with Crippen LogP contribution in [0.5, 0.6) is 0 Å². The average molecular weight is 190 g/mol. The van der Waals surface area contributed by atoms with Crippen molar-refractivity contribution in [3.63, 3.8) is 0 Å². The molecule has 0 saturated carbocycles. The fourth-order valence-electron chi connectivity index (χ4n) is 1.89. The van der Waals surface area contributed by atoms with Crippen molar-refractivity contribution in [2.45, 2.75) is 0 Å². The van der Waals surface area contributed by atoms with Crippen molar-refractivity contribution in [1.82, 2.24) is 0 Å². The molecule has 0 spiro atoms. The summed E-state index contributed by atoms with van der Waals surface area (Å²) in [5.41, 5.74) is 0. The van der Waals surface area contributed by atoms with Gasteiger partial charge < -0.3 is 0 Å². The summed E-state index contributed by atoms with van der Waals surface area (Å²) in [5, 5.41) is 2.78. The molecule has 0 atom stereocenters. The first-order valence-corrected chi connectivity index (χ1v) is 5.55. The topological polar surface area (TPSA) is 0 Å². The van der Waals surface area contributed by atoms with Crippen LogP contribution in [0.2, 0.25) is 0 Å². The zero-order valence-corrected chi connectivity index (χ0v) is 8.77. The second-order valence-corrected chi connectivity index (χ2v) is 4.60. The Balaban J connectivity index is 2.63. The van der Waals surface area contributed by atoms with Gasteiger partial charge in [0.1, 0.15) is 0 Å². The predicted molar refractivity (Wildman–Crippen MR) is 64.7 cm³/mol. The molecule has 1 aromatic heterocycles. The summed E-state index contributed by atoms with van der Waals surface area (Å²) < 4.78 is 4.19. The Morgan fingerprint density at radius 2 is 1.64 bits per heavy atom. The first kappa shape index (κ1) is 8.56.